The number of para-hydroxylation sites is 1. The Labute approximate surface area is 118 Å². The van der Waals surface area contributed by atoms with Gasteiger partial charge in [0.05, 0.1) is 0 Å². The summed E-state index contributed by atoms with van der Waals surface area (Å²) in [5.41, 5.74) is 0.887. The molecule has 1 aromatic carbocycles. The third-order valence-corrected chi connectivity index (χ3v) is 4.63. The van der Waals surface area contributed by atoms with Crippen molar-refractivity contribution in [2.75, 3.05) is 11.4 Å². The predicted octanol–water partition coefficient (Wildman–Crippen LogP) is 2.61. The molecule has 0 radical (unpaired) electrons. The molecule has 0 unspecified atom stereocenters. The molecule has 1 aromatic rings. The van der Waals surface area contributed by atoms with Crippen molar-refractivity contribution in [3.05, 3.63) is 29.8 Å². The quantitative estimate of drug-likeness (QED) is 0.843. The number of aliphatic carboxylic acids is 1. The van der Waals surface area contributed by atoms with E-state index in [2.05, 4.69) is 0 Å². The van der Waals surface area contributed by atoms with Crippen molar-refractivity contribution in [1.82, 2.24) is 0 Å². The summed E-state index contributed by atoms with van der Waals surface area (Å²) in [6, 6.07) is 7.86. The maximum atomic E-state index is 12.8. The first-order chi connectivity index (χ1) is 9.65. The second-order valence-corrected chi connectivity index (χ2v) is 5.78. The van der Waals surface area contributed by atoms with Crippen LogP contribution in [-0.2, 0) is 16.0 Å². The van der Waals surface area contributed by atoms with E-state index in [4.69, 9.17) is 0 Å². The van der Waals surface area contributed by atoms with Crippen LogP contribution in [0.3, 0.4) is 0 Å². The van der Waals surface area contributed by atoms with Crippen molar-refractivity contribution in [1.29, 1.82) is 0 Å². The van der Waals surface area contributed by atoms with Crippen LogP contribution in [0.2, 0.25) is 0 Å². The molecule has 1 N–H and O–H groups in total. The second kappa shape index (κ2) is 4.93. The normalized spacial score (nSPS) is 20.5. The van der Waals surface area contributed by atoms with Crippen LogP contribution < -0.4 is 4.90 Å². The van der Waals surface area contributed by atoms with Gasteiger partial charge in [0.1, 0.15) is 5.41 Å². The minimum atomic E-state index is -1.17. The van der Waals surface area contributed by atoms with Crippen molar-refractivity contribution in [3.8, 4) is 0 Å². The van der Waals surface area contributed by atoms with Gasteiger partial charge in [-0.25, -0.2) is 0 Å². The van der Waals surface area contributed by atoms with Gasteiger partial charge < -0.3 is 10.0 Å². The zero-order chi connectivity index (χ0) is 14.2. The monoisotopic (exact) mass is 273 g/mol. The highest BCUT2D eigenvalue weighted by molar-refractivity contribution is 6.10. The van der Waals surface area contributed by atoms with Gasteiger partial charge in [0.25, 0.3) is 0 Å². The maximum Gasteiger partial charge on any atom is 0.319 e. The van der Waals surface area contributed by atoms with Gasteiger partial charge in [-0.1, -0.05) is 24.6 Å². The number of carbonyl (C=O) groups is 2. The Morgan fingerprint density at radius 3 is 2.50 bits per heavy atom. The topological polar surface area (TPSA) is 57.6 Å². The Bertz CT molecular complexity index is 548. The first-order valence-corrected chi connectivity index (χ1v) is 7.28. The van der Waals surface area contributed by atoms with Gasteiger partial charge in [-0.3, -0.25) is 9.59 Å². The summed E-state index contributed by atoms with van der Waals surface area (Å²) in [6.07, 6.45) is 4.70. The number of anilines is 1. The third kappa shape index (κ3) is 1.90. The highest BCUT2D eigenvalue weighted by Crippen LogP contribution is 2.44. The number of carboxylic acids is 1. The van der Waals surface area contributed by atoms with E-state index < -0.39 is 11.4 Å². The minimum absolute atomic E-state index is 0.217. The summed E-state index contributed by atoms with van der Waals surface area (Å²) in [5.74, 6) is -1.18. The number of hydrogen-bond acceptors (Lipinski definition) is 2. The molecule has 2 aliphatic rings. The average Bonchev–Trinajstić information content (AvgIpc) is 2.58. The number of aryl methyl sites for hydroxylation is 1. The van der Waals surface area contributed by atoms with E-state index in [9.17, 15) is 14.7 Å². The largest absolute Gasteiger partial charge is 0.480 e. The minimum Gasteiger partial charge on any atom is -0.480 e. The Hall–Kier alpha value is -1.84. The molecule has 1 amide bonds. The van der Waals surface area contributed by atoms with Crippen LogP contribution in [0.15, 0.2) is 24.3 Å². The molecule has 1 aliphatic heterocycles. The fraction of sp³-hybridized carbons (Fsp3) is 0.500. The van der Waals surface area contributed by atoms with Crippen LogP contribution in [0.5, 0.6) is 0 Å². The van der Waals surface area contributed by atoms with Gasteiger partial charge in [-0.2, -0.15) is 0 Å². The molecule has 0 aromatic heterocycles. The maximum absolute atomic E-state index is 12.8. The van der Waals surface area contributed by atoms with Crippen LogP contribution in [-0.4, -0.2) is 23.5 Å². The number of carboxylic acid groups (broad SMARTS) is 1. The lowest BCUT2D eigenvalue weighted by molar-refractivity contribution is -0.160. The molecular weight excluding hydrogens is 254 g/mol. The Morgan fingerprint density at radius 1 is 1.10 bits per heavy atom. The van der Waals surface area contributed by atoms with Gasteiger partial charge in [-0.15, -0.1) is 0 Å². The Balaban J connectivity index is 1.97. The molecule has 4 nitrogen and oxygen atoms in total. The highest BCUT2D eigenvalue weighted by atomic mass is 16.4. The zero-order valence-electron chi connectivity index (χ0n) is 11.5. The first kappa shape index (κ1) is 13.2. The zero-order valence-corrected chi connectivity index (χ0v) is 11.5. The molecule has 0 bridgehead atoms. The summed E-state index contributed by atoms with van der Waals surface area (Å²) in [5, 5.41) is 9.46. The van der Waals surface area contributed by atoms with Crippen molar-refractivity contribution >= 4 is 17.6 Å². The fourth-order valence-corrected chi connectivity index (χ4v) is 3.21. The highest BCUT2D eigenvalue weighted by Gasteiger charge is 2.53. The van der Waals surface area contributed by atoms with Gasteiger partial charge in [0, 0.05) is 12.2 Å². The summed E-state index contributed by atoms with van der Waals surface area (Å²) in [6.45, 7) is 0.630. The van der Waals surface area contributed by atoms with E-state index in [1.807, 2.05) is 24.3 Å². The van der Waals surface area contributed by atoms with E-state index in [0.717, 1.165) is 36.9 Å². The van der Waals surface area contributed by atoms with Crippen LogP contribution in [0.25, 0.3) is 0 Å². The van der Waals surface area contributed by atoms with Gasteiger partial charge in [0.15, 0.2) is 0 Å². The van der Waals surface area contributed by atoms with Gasteiger partial charge >= 0.3 is 5.97 Å². The molecule has 4 heteroatoms. The van der Waals surface area contributed by atoms with Crippen LogP contribution in [0.1, 0.15) is 37.7 Å². The first-order valence-electron chi connectivity index (χ1n) is 7.28. The van der Waals surface area contributed by atoms with Crippen LogP contribution >= 0.6 is 0 Å². The number of rotatable bonds is 2. The molecule has 0 spiro atoms. The Morgan fingerprint density at radius 2 is 1.85 bits per heavy atom. The molecule has 20 heavy (non-hydrogen) atoms. The lowest BCUT2D eigenvalue weighted by Crippen LogP contribution is -2.53. The number of nitrogens with zero attached hydrogens (tertiary/aromatic N) is 1. The molecule has 3 rings (SSSR count). The van der Waals surface area contributed by atoms with E-state index in [0.29, 0.717) is 19.4 Å². The molecule has 0 atom stereocenters. The lowest BCUT2D eigenvalue weighted by Gasteiger charge is -2.40. The molecule has 1 saturated carbocycles. The number of benzene rings is 1. The van der Waals surface area contributed by atoms with E-state index in [1.54, 1.807) is 4.90 Å². The summed E-state index contributed by atoms with van der Waals surface area (Å²) >= 11 is 0. The van der Waals surface area contributed by atoms with Crippen molar-refractivity contribution in [3.63, 3.8) is 0 Å². The average molecular weight is 273 g/mol. The SMILES string of the molecule is O=C(O)C1(C(=O)N2CCCCc3ccccc32)CCC1. The number of hydrogen-bond donors (Lipinski definition) is 1. The van der Waals surface area contributed by atoms with E-state index in [1.165, 1.54) is 0 Å². The molecule has 0 saturated heterocycles. The third-order valence-electron chi connectivity index (χ3n) is 4.63. The summed E-state index contributed by atoms with van der Waals surface area (Å²) < 4.78 is 0. The molecule has 106 valence electrons. The van der Waals surface area contributed by atoms with Gasteiger partial charge in [0.2, 0.25) is 5.91 Å². The van der Waals surface area contributed by atoms with E-state index >= 15 is 0 Å². The van der Waals surface area contributed by atoms with Crippen molar-refractivity contribution in [2.24, 2.45) is 5.41 Å². The molecule has 1 aliphatic carbocycles. The molecule has 1 heterocycles. The second-order valence-electron chi connectivity index (χ2n) is 5.78. The summed E-state index contributed by atoms with van der Waals surface area (Å²) in [4.78, 5) is 26.1. The summed E-state index contributed by atoms with van der Waals surface area (Å²) in [7, 11) is 0. The van der Waals surface area contributed by atoms with Gasteiger partial charge in [-0.05, 0) is 43.7 Å². The number of carbonyl (C=O) groups excluding carboxylic acids is 1. The van der Waals surface area contributed by atoms with Crippen LogP contribution in [0, 0.1) is 5.41 Å². The molecule has 1 fully saturated rings. The number of amides is 1. The van der Waals surface area contributed by atoms with Crippen molar-refractivity contribution in [2.45, 2.75) is 38.5 Å². The Kier molecular flexibility index (Phi) is 3.24. The van der Waals surface area contributed by atoms with E-state index in [-0.39, 0.29) is 5.91 Å². The predicted molar refractivity (Wildman–Crippen MR) is 75.7 cm³/mol. The smallest absolute Gasteiger partial charge is 0.319 e. The fourth-order valence-electron chi connectivity index (χ4n) is 3.21. The standard InChI is InChI=1S/C16H19NO3/c18-14(16(15(19)20)9-5-10-16)17-11-4-3-7-12-6-1-2-8-13(12)17/h1-2,6,8H,3-5,7,9-11H2,(H,19,20). The number of fused-ring (bicyclic) bond motifs is 1. The lowest BCUT2D eigenvalue weighted by atomic mass is 9.67. The van der Waals surface area contributed by atoms with Crippen molar-refractivity contribution < 1.29 is 14.7 Å². The van der Waals surface area contributed by atoms with Crippen LogP contribution in [0.4, 0.5) is 5.69 Å². The molecular formula is C16H19NO3.